The van der Waals surface area contributed by atoms with Crippen molar-refractivity contribution < 1.29 is 42.1 Å². The number of ketones is 1. The lowest BCUT2D eigenvalue weighted by molar-refractivity contribution is -0.166. The molecule has 0 saturated heterocycles. The Morgan fingerprint density at radius 1 is 1.19 bits per heavy atom. The van der Waals surface area contributed by atoms with Crippen LogP contribution >= 0.6 is 0 Å². The second-order valence-corrected chi connectivity index (χ2v) is 7.68. The van der Waals surface area contributed by atoms with Gasteiger partial charge in [-0.15, -0.1) is 0 Å². The largest absolute Gasteiger partial charge is 0.503 e. The van der Waals surface area contributed by atoms with Crippen molar-refractivity contribution in [3.8, 4) is 11.5 Å². The van der Waals surface area contributed by atoms with Crippen LogP contribution in [0.3, 0.4) is 0 Å². The summed E-state index contributed by atoms with van der Waals surface area (Å²) in [6.45, 7) is 6.60. The molecular formula is C21H30F3NO6. The van der Waals surface area contributed by atoms with Gasteiger partial charge >= 0.3 is 12.1 Å². The zero-order valence-electron chi connectivity index (χ0n) is 18.4. The molecule has 0 amide bonds. The number of ether oxygens (including phenoxy) is 3. The summed E-state index contributed by atoms with van der Waals surface area (Å²) >= 11 is 0. The third-order valence-corrected chi connectivity index (χ3v) is 4.62. The van der Waals surface area contributed by atoms with Gasteiger partial charge in [-0.1, -0.05) is 20.8 Å². The lowest BCUT2D eigenvalue weighted by Crippen LogP contribution is -2.37. The molecule has 0 radical (unpaired) electrons. The lowest BCUT2D eigenvalue weighted by Gasteiger charge is -2.28. The number of methoxy groups -OCH3 is 1. The maximum absolute atomic E-state index is 12.5. The van der Waals surface area contributed by atoms with Gasteiger partial charge in [0.2, 0.25) is 0 Å². The molecule has 0 aliphatic rings. The number of carbonyl (C=O) groups excluding carboxylic acids is 2. The van der Waals surface area contributed by atoms with Gasteiger partial charge in [0, 0.05) is 31.7 Å². The number of aromatic hydroxyl groups is 1. The Balaban J connectivity index is 2.67. The average Bonchev–Trinajstić information content (AvgIpc) is 2.67. The minimum absolute atomic E-state index is 0.0879. The second kappa shape index (κ2) is 11.9. The molecule has 0 unspecified atom stereocenters. The van der Waals surface area contributed by atoms with Crippen molar-refractivity contribution in [3.05, 3.63) is 18.0 Å². The number of hydrogen-bond acceptors (Lipinski definition) is 7. The van der Waals surface area contributed by atoms with Gasteiger partial charge in [-0.2, -0.15) is 13.2 Å². The van der Waals surface area contributed by atoms with Crippen LogP contribution in [0.4, 0.5) is 13.2 Å². The van der Waals surface area contributed by atoms with Crippen molar-refractivity contribution in [1.29, 1.82) is 0 Å². The molecule has 1 N–H and O–H groups in total. The van der Waals surface area contributed by atoms with Crippen molar-refractivity contribution in [2.45, 2.75) is 65.3 Å². The van der Waals surface area contributed by atoms with Crippen LogP contribution in [0.1, 0.15) is 57.4 Å². The van der Waals surface area contributed by atoms with E-state index in [4.69, 9.17) is 14.2 Å². The first-order valence-electron chi connectivity index (χ1n) is 10.0. The van der Waals surface area contributed by atoms with Crippen LogP contribution in [-0.4, -0.2) is 53.9 Å². The molecule has 1 heterocycles. The fourth-order valence-electron chi connectivity index (χ4n) is 2.92. The van der Waals surface area contributed by atoms with Gasteiger partial charge in [0.15, 0.2) is 23.0 Å². The summed E-state index contributed by atoms with van der Waals surface area (Å²) in [5.74, 6) is -2.52. The van der Waals surface area contributed by atoms with Crippen molar-refractivity contribution in [3.63, 3.8) is 0 Å². The highest BCUT2D eigenvalue weighted by Gasteiger charge is 2.31. The predicted octanol–water partition coefficient (Wildman–Crippen LogP) is 4.32. The summed E-state index contributed by atoms with van der Waals surface area (Å²) < 4.78 is 52.6. The monoisotopic (exact) mass is 449 g/mol. The van der Waals surface area contributed by atoms with Crippen LogP contribution in [0.2, 0.25) is 0 Å². The van der Waals surface area contributed by atoms with Crippen LogP contribution in [-0.2, 0) is 14.3 Å². The molecule has 31 heavy (non-hydrogen) atoms. The zero-order valence-corrected chi connectivity index (χ0v) is 18.4. The Morgan fingerprint density at radius 3 is 2.39 bits per heavy atom. The molecule has 0 spiro atoms. The topological polar surface area (TPSA) is 95.0 Å². The molecule has 0 aliphatic carbocycles. The number of aromatic nitrogens is 1. The first kappa shape index (κ1) is 26.7. The zero-order chi connectivity index (χ0) is 23.8. The molecule has 0 fully saturated rings. The molecule has 0 aliphatic heterocycles. The van der Waals surface area contributed by atoms with E-state index in [1.165, 1.54) is 26.3 Å². The number of carbonyl (C=O) groups is 2. The highest BCUT2D eigenvalue weighted by Crippen LogP contribution is 2.29. The molecule has 7 nitrogen and oxygen atoms in total. The van der Waals surface area contributed by atoms with Crippen LogP contribution < -0.4 is 4.74 Å². The smallest absolute Gasteiger partial charge is 0.389 e. The van der Waals surface area contributed by atoms with E-state index in [9.17, 15) is 27.9 Å². The number of Topliss-reactive ketones (excluding diaryl/α,β-unsaturated/α-hetero) is 1. The van der Waals surface area contributed by atoms with Gasteiger partial charge in [0.1, 0.15) is 6.10 Å². The molecule has 0 saturated carbocycles. The predicted molar refractivity (Wildman–Crippen MR) is 106 cm³/mol. The number of halogens is 3. The highest BCUT2D eigenvalue weighted by molar-refractivity contribution is 5.99. The Hall–Kier alpha value is -2.36. The van der Waals surface area contributed by atoms with E-state index in [2.05, 4.69) is 4.98 Å². The van der Waals surface area contributed by atoms with E-state index in [1.54, 1.807) is 20.8 Å². The summed E-state index contributed by atoms with van der Waals surface area (Å²) in [6, 6.07) is 1.40. The first-order valence-corrected chi connectivity index (χ1v) is 10.0. The standard InChI is InChI=1S/C21H30F3NO6/c1-12(2)19(14(4)30-10-6-8-21(22,23)24)31-20(28)13(3)11-15(26)17-18(27)16(29-5)7-9-25-17/h7,9,12-14,19,27H,6,8,10-11H2,1-5H3/t13-,14+,19-/m1/s1. The Morgan fingerprint density at radius 2 is 1.84 bits per heavy atom. The summed E-state index contributed by atoms with van der Waals surface area (Å²) in [6.07, 6.45) is -5.64. The van der Waals surface area contributed by atoms with Crippen LogP contribution in [0.15, 0.2) is 12.3 Å². The van der Waals surface area contributed by atoms with Gasteiger partial charge in [0.25, 0.3) is 0 Å². The molecule has 176 valence electrons. The van der Waals surface area contributed by atoms with E-state index in [0.717, 1.165) is 0 Å². The third-order valence-electron chi connectivity index (χ3n) is 4.62. The van der Waals surface area contributed by atoms with Crippen LogP contribution in [0, 0.1) is 11.8 Å². The van der Waals surface area contributed by atoms with Gasteiger partial charge in [-0.05, 0) is 19.3 Å². The molecule has 1 aromatic rings. The first-order chi connectivity index (χ1) is 14.4. The maximum Gasteiger partial charge on any atom is 0.389 e. The second-order valence-electron chi connectivity index (χ2n) is 7.68. The van der Waals surface area contributed by atoms with Gasteiger partial charge in [-0.3, -0.25) is 9.59 Å². The fourth-order valence-corrected chi connectivity index (χ4v) is 2.92. The molecule has 3 atom stereocenters. The number of hydrogen-bond donors (Lipinski definition) is 1. The van der Waals surface area contributed by atoms with Crippen LogP contribution in [0.5, 0.6) is 11.5 Å². The molecule has 0 bridgehead atoms. The van der Waals surface area contributed by atoms with E-state index in [-0.39, 0.29) is 36.8 Å². The highest BCUT2D eigenvalue weighted by atomic mass is 19.4. The number of esters is 1. The molecule has 1 rings (SSSR count). The maximum atomic E-state index is 12.5. The lowest BCUT2D eigenvalue weighted by atomic mass is 10.00. The minimum Gasteiger partial charge on any atom is -0.503 e. The van der Waals surface area contributed by atoms with Crippen molar-refractivity contribution in [2.24, 2.45) is 11.8 Å². The normalized spacial score (nSPS) is 14.7. The minimum atomic E-state index is -4.25. The Labute approximate surface area is 179 Å². The fraction of sp³-hybridized carbons (Fsp3) is 0.667. The third kappa shape index (κ3) is 8.72. The summed E-state index contributed by atoms with van der Waals surface area (Å²) in [7, 11) is 1.34. The SMILES string of the molecule is COc1ccnc(C(=O)C[C@@H](C)C(=O)O[C@H](C(C)C)[C@H](C)OCCCC(F)(F)F)c1O. The van der Waals surface area contributed by atoms with E-state index in [1.807, 2.05) is 0 Å². The Bertz CT molecular complexity index is 738. The average molecular weight is 449 g/mol. The number of nitrogens with zero attached hydrogens (tertiary/aromatic N) is 1. The van der Waals surface area contributed by atoms with Crippen LogP contribution in [0.25, 0.3) is 0 Å². The quantitative estimate of drug-likeness (QED) is 0.288. The van der Waals surface area contributed by atoms with Crippen molar-refractivity contribution in [2.75, 3.05) is 13.7 Å². The molecule has 0 aromatic carbocycles. The molecular weight excluding hydrogens is 419 g/mol. The molecule has 10 heteroatoms. The van der Waals surface area contributed by atoms with Crippen molar-refractivity contribution >= 4 is 11.8 Å². The molecule has 1 aromatic heterocycles. The van der Waals surface area contributed by atoms with E-state index < -0.39 is 48.2 Å². The summed E-state index contributed by atoms with van der Waals surface area (Å²) in [5.41, 5.74) is -0.208. The van der Waals surface area contributed by atoms with Crippen molar-refractivity contribution in [1.82, 2.24) is 4.98 Å². The summed E-state index contributed by atoms with van der Waals surface area (Å²) in [5, 5.41) is 10.0. The summed E-state index contributed by atoms with van der Waals surface area (Å²) in [4.78, 5) is 28.8. The van der Waals surface area contributed by atoms with E-state index >= 15 is 0 Å². The van der Waals surface area contributed by atoms with Gasteiger partial charge in [-0.25, -0.2) is 4.98 Å². The van der Waals surface area contributed by atoms with Gasteiger partial charge < -0.3 is 19.3 Å². The van der Waals surface area contributed by atoms with E-state index in [0.29, 0.717) is 0 Å². The number of alkyl halides is 3. The number of rotatable bonds is 12. The Kier molecular flexibility index (Phi) is 10.2. The number of pyridine rings is 1. The van der Waals surface area contributed by atoms with Gasteiger partial charge in [0.05, 0.1) is 19.1 Å².